The molecule has 2 aromatic rings. The number of rotatable bonds is 6. The second-order valence-electron chi connectivity index (χ2n) is 4.44. The number of carbonyl (C=O) groups is 2. The minimum atomic E-state index is -2.91. The highest BCUT2D eigenvalue weighted by atomic mass is 32.1. The Morgan fingerprint density at radius 1 is 1.17 bits per heavy atom. The number of alkyl halides is 2. The predicted molar refractivity (Wildman–Crippen MR) is 81.0 cm³/mol. The van der Waals surface area contributed by atoms with Crippen LogP contribution in [0.25, 0.3) is 0 Å². The van der Waals surface area contributed by atoms with Crippen LogP contribution in [0.1, 0.15) is 14.5 Å². The zero-order valence-corrected chi connectivity index (χ0v) is 12.9. The molecular formula is C15H13F2NO4S. The molecule has 5 nitrogen and oxygen atoms in total. The molecule has 1 heterocycles. The van der Waals surface area contributed by atoms with Crippen molar-refractivity contribution in [3.05, 3.63) is 46.2 Å². The fourth-order valence-electron chi connectivity index (χ4n) is 1.66. The normalized spacial score (nSPS) is 10.4. The van der Waals surface area contributed by atoms with E-state index in [0.29, 0.717) is 10.6 Å². The summed E-state index contributed by atoms with van der Waals surface area (Å²) in [4.78, 5) is 24.7. The molecule has 0 aliphatic carbocycles. The number of nitrogens with one attached hydrogen (secondary N) is 1. The fraction of sp³-hybridized carbons (Fsp3) is 0.200. The summed E-state index contributed by atoms with van der Waals surface area (Å²) in [6.45, 7) is -1.49. The van der Waals surface area contributed by atoms with Gasteiger partial charge in [0, 0.05) is 10.6 Å². The van der Waals surface area contributed by atoms with Gasteiger partial charge in [-0.3, -0.25) is 4.79 Å². The maximum Gasteiger partial charge on any atom is 0.387 e. The average molecular weight is 341 g/mol. The Morgan fingerprint density at radius 3 is 2.43 bits per heavy atom. The number of hydrogen-bond donors (Lipinski definition) is 1. The molecule has 0 unspecified atom stereocenters. The summed E-state index contributed by atoms with van der Waals surface area (Å²) in [7, 11) is 0. The molecule has 0 saturated heterocycles. The van der Waals surface area contributed by atoms with Crippen LogP contribution in [0.5, 0.6) is 5.75 Å². The Labute approximate surface area is 134 Å². The Hall–Kier alpha value is -2.48. The van der Waals surface area contributed by atoms with Gasteiger partial charge in [-0.2, -0.15) is 8.78 Å². The highest BCUT2D eigenvalue weighted by Gasteiger charge is 2.12. The second kappa shape index (κ2) is 7.68. The standard InChI is InChI=1S/C15H13F2NO4S/c1-9-2-7-12(23-9)14(20)21-8-13(19)18-10-3-5-11(6-4-10)22-15(16)17/h2-7,15H,8H2,1H3,(H,18,19). The molecule has 0 aliphatic rings. The highest BCUT2D eigenvalue weighted by Crippen LogP contribution is 2.18. The Balaban J connectivity index is 1.81. The molecule has 0 fully saturated rings. The van der Waals surface area contributed by atoms with E-state index in [4.69, 9.17) is 4.74 Å². The molecule has 2 rings (SSSR count). The van der Waals surface area contributed by atoms with Crippen molar-refractivity contribution in [2.24, 2.45) is 0 Å². The summed E-state index contributed by atoms with van der Waals surface area (Å²) >= 11 is 1.28. The summed E-state index contributed by atoms with van der Waals surface area (Å²) < 4.78 is 33.1. The third-order valence-corrected chi connectivity index (χ3v) is 3.62. The largest absolute Gasteiger partial charge is 0.451 e. The lowest BCUT2D eigenvalue weighted by Crippen LogP contribution is -2.20. The molecule has 0 aliphatic heterocycles. The minimum Gasteiger partial charge on any atom is -0.451 e. The van der Waals surface area contributed by atoms with E-state index in [1.54, 1.807) is 12.1 Å². The zero-order chi connectivity index (χ0) is 16.8. The van der Waals surface area contributed by atoms with Crippen LogP contribution < -0.4 is 10.1 Å². The highest BCUT2D eigenvalue weighted by molar-refractivity contribution is 7.13. The zero-order valence-electron chi connectivity index (χ0n) is 12.0. The SMILES string of the molecule is Cc1ccc(C(=O)OCC(=O)Nc2ccc(OC(F)F)cc2)s1. The summed E-state index contributed by atoms with van der Waals surface area (Å²) in [6.07, 6.45) is 0. The van der Waals surface area contributed by atoms with Crippen LogP contribution in [0.2, 0.25) is 0 Å². The van der Waals surface area contributed by atoms with E-state index in [9.17, 15) is 18.4 Å². The monoisotopic (exact) mass is 341 g/mol. The third kappa shape index (κ3) is 5.33. The quantitative estimate of drug-likeness (QED) is 0.818. The Morgan fingerprint density at radius 2 is 1.87 bits per heavy atom. The van der Waals surface area contributed by atoms with Crippen molar-refractivity contribution in [1.29, 1.82) is 0 Å². The Kier molecular flexibility index (Phi) is 5.64. The van der Waals surface area contributed by atoms with Gasteiger partial charge >= 0.3 is 12.6 Å². The van der Waals surface area contributed by atoms with Gasteiger partial charge in [0.25, 0.3) is 5.91 Å². The lowest BCUT2D eigenvalue weighted by molar-refractivity contribution is -0.119. The van der Waals surface area contributed by atoms with E-state index in [-0.39, 0.29) is 5.75 Å². The summed E-state index contributed by atoms with van der Waals surface area (Å²) in [5.74, 6) is -1.12. The Bertz CT molecular complexity index is 685. The molecule has 1 aromatic heterocycles. The van der Waals surface area contributed by atoms with E-state index >= 15 is 0 Å². The maximum atomic E-state index is 12.0. The smallest absolute Gasteiger partial charge is 0.387 e. The second-order valence-corrected chi connectivity index (χ2v) is 5.73. The number of halogens is 2. The maximum absolute atomic E-state index is 12.0. The molecule has 122 valence electrons. The molecule has 0 atom stereocenters. The van der Waals surface area contributed by atoms with E-state index in [0.717, 1.165) is 4.88 Å². The van der Waals surface area contributed by atoms with Crippen LogP contribution in [0.3, 0.4) is 0 Å². The van der Waals surface area contributed by atoms with Crippen molar-refractivity contribution in [3.8, 4) is 5.75 Å². The first kappa shape index (κ1) is 16.9. The average Bonchev–Trinajstić information content (AvgIpc) is 2.93. The van der Waals surface area contributed by atoms with E-state index < -0.39 is 25.1 Å². The van der Waals surface area contributed by atoms with Gasteiger partial charge in [0.15, 0.2) is 6.61 Å². The molecule has 1 N–H and O–H groups in total. The molecule has 0 radical (unpaired) electrons. The van der Waals surface area contributed by atoms with Crippen LogP contribution in [-0.4, -0.2) is 25.1 Å². The molecule has 0 bridgehead atoms. The van der Waals surface area contributed by atoms with Gasteiger partial charge in [-0.25, -0.2) is 4.79 Å². The van der Waals surface area contributed by atoms with Crippen molar-refractivity contribution >= 4 is 28.9 Å². The first-order valence-corrected chi connectivity index (χ1v) is 7.34. The molecule has 0 saturated carbocycles. The van der Waals surface area contributed by atoms with Gasteiger partial charge in [-0.05, 0) is 43.3 Å². The number of hydrogen-bond acceptors (Lipinski definition) is 5. The van der Waals surface area contributed by atoms with Crippen molar-refractivity contribution in [2.75, 3.05) is 11.9 Å². The van der Waals surface area contributed by atoms with Gasteiger partial charge in [0.2, 0.25) is 0 Å². The molecule has 1 amide bonds. The fourth-order valence-corrected chi connectivity index (χ4v) is 2.42. The van der Waals surface area contributed by atoms with Gasteiger partial charge in [-0.15, -0.1) is 11.3 Å². The number of amides is 1. The van der Waals surface area contributed by atoms with E-state index in [1.165, 1.54) is 35.6 Å². The molecule has 23 heavy (non-hydrogen) atoms. The number of carbonyl (C=O) groups excluding carboxylic acids is 2. The first-order chi connectivity index (χ1) is 10.9. The van der Waals surface area contributed by atoms with Gasteiger partial charge in [0.1, 0.15) is 10.6 Å². The number of ether oxygens (including phenoxy) is 2. The van der Waals surface area contributed by atoms with Crippen LogP contribution in [-0.2, 0) is 9.53 Å². The van der Waals surface area contributed by atoms with Crippen LogP contribution in [0.4, 0.5) is 14.5 Å². The topological polar surface area (TPSA) is 64.6 Å². The molecule has 0 spiro atoms. The van der Waals surface area contributed by atoms with Crippen LogP contribution >= 0.6 is 11.3 Å². The lowest BCUT2D eigenvalue weighted by atomic mass is 10.3. The van der Waals surface area contributed by atoms with E-state index in [1.807, 2.05) is 6.92 Å². The summed E-state index contributed by atoms with van der Waals surface area (Å²) in [6, 6.07) is 8.80. The van der Waals surface area contributed by atoms with Crippen molar-refractivity contribution in [3.63, 3.8) is 0 Å². The number of aryl methyl sites for hydroxylation is 1. The summed E-state index contributed by atoms with van der Waals surface area (Å²) in [5, 5.41) is 2.48. The lowest BCUT2D eigenvalue weighted by Gasteiger charge is -2.07. The molecule has 8 heteroatoms. The van der Waals surface area contributed by atoms with Gasteiger partial charge < -0.3 is 14.8 Å². The predicted octanol–water partition coefficient (Wildman–Crippen LogP) is 3.45. The number of benzene rings is 1. The van der Waals surface area contributed by atoms with Crippen molar-refractivity contribution in [1.82, 2.24) is 0 Å². The molecule has 1 aromatic carbocycles. The first-order valence-electron chi connectivity index (χ1n) is 6.52. The van der Waals surface area contributed by atoms with Gasteiger partial charge in [0.05, 0.1) is 0 Å². The third-order valence-electron chi connectivity index (χ3n) is 2.64. The number of thiophene rings is 1. The summed E-state index contributed by atoms with van der Waals surface area (Å²) in [5.41, 5.74) is 0.375. The van der Waals surface area contributed by atoms with Crippen molar-refractivity contribution in [2.45, 2.75) is 13.5 Å². The van der Waals surface area contributed by atoms with Crippen LogP contribution in [0, 0.1) is 6.92 Å². The van der Waals surface area contributed by atoms with Gasteiger partial charge in [-0.1, -0.05) is 0 Å². The minimum absolute atomic E-state index is 0.0162. The van der Waals surface area contributed by atoms with E-state index in [2.05, 4.69) is 10.1 Å². The van der Waals surface area contributed by atoms with Crippen LogP contribution in [0.15, 0.2) is 36.4 Å². The molecular weight excluding hydrogens is 328 g/mol. The van der Waals surface area contributed by atoms with Crippen molar-refractivity contribution < 1.29 is 27.8 Å². The number of anilines is 1. The number of esters is 1.